The molecule has 0 fully saturated rings. The highest BCUT2D eigenvalue weighted by molar-refractivity contribution is 6.53. The Morgan fingerprint density at radius 3 is 2.50 bits per heavy atom. The van der Waals surface area contributed by atoms with Crippen molar-refractivity contribution >= 4 is 23.0 Å². The van der Waals surface area contributed by atoms with E-state index in [0.717, 1.165) is 16.8 Å². The van der Waals surface area contributed by atoms with Gasteiger partial charge in [-0.15, -0.1) is 0 Å². The van der Waals surface area contributed by atoms with Crippen molar-refractivity contribution in [2.75, 3.05) is 11.5 Å². The van der Waals surface area contributed by atoms with Gasteiger partial charge in [-0.1, -0.05) is 6.08 Å². The summed E-state index contributed by atoms with van der Waals surface area (Å²) in [5, 5.41) is 0. The van der Waals surface area contributed by atoms with Gasteiger partial charge < -0.3 is 4.74 Å². The summed E-state index contributed by atoms with van der Waals surface area (Å²) in [5.74, 6) is -0.265. The molecule has 2 aliphatic rings. The maximum Gasteiger partial charge on any atom is 0.300 e. The average molecular weight is 271 g/mol. The number of hydrogen-bond donors (Lipinski definition) is 0. The molecule has 0 saturated carbocycles. The predicted molar refractivity (Wildman–Crippen MR) is 77.2 cm³/mol. The van der Waals surface area contributed by atoms with E-state index in [2.05, 4.69) is 0 Å². The Morgan fingerprint density at radius 1 is 1.20 bits per heavy atom. The van der Waals surface area contributed by atoms with Crippen LogP contribution in [0.5, 0.6) is 5.75 Å². The number of carbonyl (C=O) groups is 2. The lowest BCUT2D eigenvalue weighted by Gasteiger charge is -2.38. The van der Waals surface area contributed by atoms with Crippen LogP contribution >= 0.6 is 0 Å². The Bertz CT molecular complexity index is 671. The number of allylic oxidation sites excluding steroid dienone is 1. The summed E-state index contributed by atoms with van der Waals surface area (Å²) in [4.78, 5) is 26.1. The van der Waals surface area contributed by atoms with Crippen molar-refractivity contribution in [3.05, 3.63) is 29.3 Å². The first-order valence-corrected chi connectivity index (χ1v) is 6.76. The molecule has 20 heavy (non-hydrogen) atoms. The van der Waals surface area contributed by atoms with Gasteiger partial charge in [0.15, 0.2) is 0 Å². The number of rotatable bonds is 2. The van der Waals surface area contributed by atoms with Crippen molar-refractivity contribution < 1.29 is 14.3 Å². The first-order valence-electron chi connectivity index (χ1n) is 6.76. The Morgan fingerprint density at radius 2 is 1.85 bits per heavy atom. The first kappa shape index (κ1) is 12.9. The van der Waals surface area contributed by atoms with Gasteiger partial charge in [0.2, 0.25) is 0 Å². The fourth-order valence-corrected chi connectivity index (χ4v) is 3.11. The molecule has 1 amide bonds. The van der Waals surface area contributed by atoms with Gasteiger partial charge >= 0.3 is 0 Å². The van der Waals surface area contributed by atoms with Crippen LogP contribution in [-0.2, 0) is 4.79 Å². The lowest BCUT2D eigenvalue weighted by Crippen LogP contribution is -2.47. The largest absolute Gasteiger partial charge is 0.494 e. The summed E-state index contributed by atoms with van der Waals surface area (Å²) in [7, 11) is 0. The van der Waals surface area contributed by atoms with Crippen LogP contribution in [0.25, 0.3) is 5.57 Å². The molecule has 3 rings (SSSR count). The molecule has 1 aromatic carbocycles. The maximum atomic E-state index is 12.3. The highest BCUT2D eigenvalue weighted by Crippen LogP contribution is 2.46. The summed E-state index contributed by atoms with van der Waals surface area (Å²) in [6, 6.07) is 3.58. The van der Waals surface area contributed by atoms with Gasteiger partial charge in [0, 0.05) is 5.56 Å². The van der Waals surface area contributed by atoms with E-state index in [0.29, 0.717) is 17.9 Å². The van der Waals surface area contributed by atoms with Crippen LogP contribution in [0.2, 0.25) is 0 Å². The molecule has 1 aromatic rings. The van der Waals surface area contributed by atoms with E-state index in [1.54, 1.807) is 11.0 Å². The van der Waals surface area contributed by atoms with Crippen molar-refractivity contribution in [3.8, 4) is 5.75 Å². The molecule has 0 spiro atoms. The molecule has 0 aliphatic carbocycles. The molecule has 0 radical (unpaired) electrons. The normalized spacial score (nSPS) is 19.0. The minimum absolute atomic E-state index is 0.445. The second kappa shape index (κ2) is 3.95. The third kappa shape index (κ3) is 1.54. The highest BCUT2D eigenvalue weighted by atomic mass is 16.5. The number of Topliss-reactive ketones (excluding diaryl/α,β-unsaturated/α-hetero) is 1. The Hall–Kier alpha value is -2.10. The van der Waals surface area contributed by atoms with Crippen molar-refractivity contribution in [1.82, 2.24) is 0 Å². The van der Waals surface area contributed by atoms with Gasteiger partial charge in [0.25, 0.3) is 11.7 Å². The van der Waals surface area contributed by atoms with Gasteiger partial charge in [0.05, 0.1) is 23.4 Å². The molecule has 2 heterocycles. The lowest BCUT2D eigenvalue weighted by molar-refractivity contribution is -0.115. The summed E-state index contributed by atoms with van der Waals surface area (Å²) < 4.78 is 5.51. The van der Waals surface area contributed by atoms with Crippen LogP contribution in [0.15, 0.2) is 18.2 Å². The van der Waals surface area contributed by atoms with Crippen LogP contribution in [0.4, 0.5) is 5.69 Å². The summed E-state index contributed by atoms with van der Waals surface area (Å²) in [5.41, 5.74) is 2.67. The zero-order valence-corrected chi connectivity index (χ0v) is 12.1. The Labute approximate surface area is 118 Å². The molecular weight excluding hydrogens is 254 g/mol. The number of anilines is 1. The van der Waals surface area contributed by atoms with Crippen LogP contribution in [0, 0.1) is 0 Å². The van der Waals surface area contributed by atoms with Crippen molar-refractivity contribution in [1.29, 1.82) is 0 Å². The molecule has 2 aliphatic heterocycles. The second-order valence-electron chi connectivity index (χ2n) is 5.75. The molecule has 0 N–H and O–H groups in total. The SMILES string of the molecule is CCOc1cc2c3c(c1)C(C)=CC(C)(C)N3C(=O)C2=O. The molecule has 0 atom stereocenters. The maximum absolute atomic E-state index is 12.3. The van der Waals surface area contributed by atoms with E-state index in [9.17, 15) is 9.59 Å². The van der Waals surface area contributed by atoms with E-state index in [1.165, 1.54) is 0 Å². The van der Waals surface area contributed by atoms with E-state index >= 15 is 0 Å². The molecule has 0 aromatic heterocycles. The number of nitrogens with zero attached hydrogens (tertiary/aromatic N) is 1. The third-order valence-corrected chi connectivity index (χ3v) is 3.83. The lowest BCUT2D eigenvalue weighted by atomic mass is 9.89. The number of amides is 1. The minimum atomic E-state index is -0.484. The van der Waals surface area contributed by atoms with Gasteiger partial charge in [-0.3, -0.25) is 14.5 Å². The van der Waals surface area contributed by atoms with Crippen molar-refractivity contribution in [2.24, 2.45) is 0 Å². The standard InChI is InChI=1S/C16H17NO3/c1-5-20-10-6-11-9(2)8-16(3,4)17-13(11)12(7-10)14(18)15(17)19/h6-8H,5H2,1-4H3. The molecule has 0 saturated heterocycles. The number of carbonyl (C=O) groups excluding carboxylic acids is 2. The van der Waals surface area contributed by atoms with Gasteiger partial charge in [-0.2, -0.15) is 0 Å². The predicted octanol–water partition coefficient (Wildman–Crippen LogP) is 2.81. The molecule has 0 bridgehead atoms. The molecule has 104 valence electrons. The fraction of sp³-hybridized carbons (Fsp3) is 0.375. The van der Waals surface area contributed by atoms with Crippen molar-refractivity contribution in [3.63, 3.8) is 0 Å². The minimum Gasteiger partial charge on any atom is -0.494 e. The third-order valence-electron chi connectivity index (χ3n) is 3.83. The first-order chi connectivity index (χ1) is 9.36. The number of ketones is 1. The number of ether oxygens (including phenoxy) is 1. The zero-order valence-electron chi connectivity index (χ0n) is 12.1. The van der Waals surface area contributed by atoms with Gasteiger partial charge in [-0.05, 0) is 45.4 Å². The Kier molecular flexibility index (Phi) is 2.55. The van der Waals surface area contributed by atoms with Gasteiger partial charge in [0.1, 0.15) is 5.75 Å². The average Bonchev–Trinajstić information content (AvgIpc) is 2.61. The molecular formula is C16H17NO3. The smallest absolute Gasteiger partial charge is 0.300 e. The van der Waals surface area contributed by atoms with E-state index in [-0.39, 0.29) is 0 Å². The molecule has 4 nitrogen and oxygen atoms in total. The number of benzene rings is 1. The van der Waals surface area contributed by atoms with E-state index in [1.807, 2.05) is 39.8 Å². The van der Waals surface area contributed by atoms with Gasteiger partial charge in [-0.25, -0.2) is 0 Å². The summed E-state index contributed by atoms with van der Waals surface area (Å²) in [6.45, 7) is 8.30. The van der Waals surface area contributed by atoms with Crippen LogP contribution < -0.4 is 9.64 Å². The molecule has 4 heteroatoms. The fourth-order valence-electron chi connectivity index (χ4n) is 3.11. The van der Waals surface area contributed by atoms with Crippen molar-refractivity contribution in [2.45, 2.75) is 33.2 Å². The Balaban J connectivity index is 2.31. The van der Waals surface area contributed by atoms with Crippen LogP contribution in [0.1, 0.15) is 43.6 Å². The topological polar surface area (TPSA) is 46.6 Å². The summed E-state index contributed by atoms with van der Waals surface area (Å²) in [6.07, 6.45) is 2.02. The highest BCUT2D eigenvalue weighted by Gasteiger charge is 2.46. The van der Waals surface area contributed by atoms with Crippen LogP contribution in [-0.4, -0.2) is 23.8 Å². The second-order valence-corrected chi connectivity index (χ2v) is 5.75. The monoisotopic (exact) mass is 271 g/mol. The van der Waals surface area contributed by atoms with Crippen LogP contribution in [0.3, 0.4) is 0 Å². The zero-order chi connectivity index (χ0) is 14.7. The van der Waals surface area contributed by atoms with E-state index in [4.69, 9.17) is 4.74 Å². The number of hydrogen-bond acceptors (Lipinski definition) is 3. The summed E-state index contributed by atoms with van der Waals surface area (Å²) >= 11 is 0. The quantitative estimate of drug-likeness (QED) is 0.777. The van der Waals surface area contributed by atoms with E-state index < -0.39 is 17.2 Å². The molecule has 0 unspecified atom stereocenters.